The predicted octanol–water partition coefficient (Wildman–Crippen LogP) is 5.30. The van der Waals surface area contributed by atoms with E-state index >= 15 is 0 Å². The van der Waals surface area contributed by atoms with Gasteiger partial charge in [0.05, 0.1) is 11.0 Å². The molecule has 21 heavy (non-hydrogen) atoms. The van der Waals surface area contributed by atoms with E-state index in [2.05, 4.69) is 22.0 Å². The SMILES string of the molecule is CC(O)c1ccc2ccccc2c1OCc1sccc1Br. The van der Waals surface area contributed by atoms with Gasteiger partial charge >= 0.3 is 0 Å². The monoisotopic (exact) mass is 362 g/mol. The molecule has 1 unspecified atom stereocenters. The van der Waals surface area contributed by atoms with Crippen LogP contribution in [-0.4, -0.2) is 5.11 Å². The van der Waals surface area contributed by atoms with Gasteiger partial charge in [-0.25, -0.2) is 0 Å². The van der Waals surface area contributed by atoms with Crippen LogP contribution in [0.25, 0.3) is 10.8 Å². The van der Waals surface area contributed by atoms with E-state index < -0.39 is 6.10 Å². The van der Waals surface area contributed by atoms with E-state index in [0.717, 1.165) is 31.4 Å². The van der Waals surface area contributed by atoms with Crippen molar-refractivity contribution in [2.75, 3.05) is 0 Å². The van der Waals surface area contributed by atoms with E-state index in [1.807, 2.05) is 41.8 Å². The van der Waals surface area contributed by atoms with Crippen LogP contribution in [0.3, 0.4) is 0 Å². The zero-order valence-corrected chi connectivity index (χ0v) is 13.9. The van der Waals surface area contributed by atoms with E-state index in [1.165, 1.54) is 0 Å². The lowest BCUT2D eigenvalue weighted by atomic mass is 10.0. The van der Waals surface area contributed by atoms with Gasteiger partial charge in [-0.1, -0.05) is 36.4 Å². The second-order valence-corrected chi connectivity index (χ2v) is 6.72. The summed E-state index contributed by atoms with van der Waals surface area (Å²) in [6.45, 7) is 2.25. The van der Waals surface area contributed by atoms with Crippen molar-refractivity contribution in [3.05, 3.63) is 62.8 Å². The van der Waals surface area contributed by atoms with Crippen molar-refractivity contribution in [3.8, 4) is 5.75 Å². The molecule has 2 aromatic carbocycles. The number of ether oxygens (including phenoxy) is 1. The highest BCUT2D eigenvalue weighted by Crippen LogP contribution is 2.35. The average molecular weight is 363 g/mol. The van der Waals surface area contributed by atoms with Crippen LogP contribution in [0.2, 0.25) is 0 Å². The van der Waals surface area contributed by atoms with Gasteiger partial charge in [0.25, 0.3) is 0 Å². The zero-order chi connectivity index (χ0) is 14.8. The third-order valence-electron chi connectivity index (χ3n) is 3.40. The van der Waals surface area contributed by atoms with Crippen LogP contribution in [-0.2, 0) is 6.61 Å². The molecule has 0 radical (unpaired) electrons. The lowest BCUT2D eigenvalue weighted by molar-refractivity contribution is 0.191. The molecule has 0 bridgehead atoms. The van der Waals surface area contributed by atoms with Gasteiger partial charge in [0.15, 0.2) is 0 Å². The minimum Gasteiger partial charge on any atom is -0.487 e. The first-order valence-corrected chi connectivity index (χ1v) is 8.38. The molecule has 0 saturated heterocycles. The lowest BCUT2D eigenvalue weighted by Gasteiger charge is -2.16. The molecular weight excluding hydrogens is 348 g/mol. The molecule has 0 aliphatic rings. The van der Waals surface area contributed by atoms with Crippen molar-refractivity contribution in [1.82, 2.24) is 0 Å². The highest BCUT2D eigenvalue weighted by Gasteiger charge is 2.14. The number of thiophene rings is 1. The summed E-state index contributed by atoms with van der Waals surface area (Å²) in [6.07, 6.45) is -0.559. The van der Waals surface area contributed by atoms with Crippen LogP contribution in [0.5, 0.6) is 5.75 Å². The summed E-state index contributed by atoms with van der Waals surface area (Å²) in [7, 11) is 0. The molecule has 1 N–H and O–H groups in total. The molecule has 0 amide bonds. The van der Waals surface area contributed by atoms with Crippen molar-refractivity contribution < 1.29 is 9.84 Å². The van der Waals surface area contributed by atoms with Crippen molar-refractivity contribution in [1.29, 1.82) is 0 Å². The second-order valence-electron chi connectivity index (χ2n) is 4.86. The summed E-state index contributed by atoms with van der Waals surface area (Å²) < 4.78 is 7.12. The fourth-order valence-electron chi connectivity index (χ4n) is 2.32. The van der Waals surface area contributed by atoms with Gasteiger partial charge < -0.3 is 9.84 Å². The molecular formula is C17H15BrO2S. The molecule has 1 heterocycles. The highest BCUT2D eigenvalue weighted by atomic mass is 79.9. The third kappa shape index (κ3) is 2.98. The fourth-order valence-corrected chi connectivity index (χ4v) is 3.69. The number of benzene rings is 2. The maximum atomic E-state index is 9.99. The Balaban J connectivity index is 2.02. The van der Waals surface area contributed by atoms with Gasteiger partial charge in [0.1, 0.15) is 12.4 Å². The summed E-state index contributed by atoms with van der Waals surface area (Å²) in [5, 5.41) is 14.2. The topological polar surface area (TPSA) is 29.5 Å². The Kier molecular flexibility index (Phi) is 4.29. The maximum absolute atomic E-state index is 9.99. The number of rotatable bonds is 4. The first-order valence-electron chi connectivity index (χ1n) is 6.71. The smallest absolute Gasteiger partial charge is 0.133 e. The number of aliphatic hydroxyl groups is 1. The molecule has 0 fully saturated rings. The van der Waals surface area contributed by atoms with Crippen LogP contribution in [0.15, 0.2) is 52.3 Å². The van der Waals surface area contributed by atoms with Crippen LogP contribution >= 0.6 is 27.3 Å². The first kappa shape index (κ1) is 14.6. The zero-order valence-electron chi connectivity index (χ0n) is 11.5. The first-order chi connectivity index (χ1) is 10.2. The Morgan fingerprint density at radius 1 is 1.19 bits per heavy atom. The normalized spacial score (nSPS) is 12.5. The van der Waals surface area contributed by atoms with Gasteiger partial charge in [0.2, 0.25) is 0 Å². The standard InChI is InChI=1S/C17H15BrO2S/c1-11(19)13-7-6-12-4-2-3-5-14(12)17(13)20-10-16-15(18)8-9-21-16/h2-9,11,19H,10H2,1H3. The summed E-state index contributed by atoms with van der Waals surface area (Å²) in [5.74, 6) is 0.767. The predicted molar refractivity (Wildman–Crippen MR) is 90.9 cm³/mol. The van der Waals surface area contributed by atoms with Crippen LogP contribution in [0, 0.1) is 0 Å². The Morgan fingerprint density at radius 3 is 2.71 bits per heavy atom. The summed E-state index contributed by atoms with van der Waals surface area (Å²) in [4.78, 5) is 1.14. The quantitative estimate of drug-likeness (QED) is 0.682. The van der Waals surface area contributed by atoms with E-state index in [0.29, 0.717) is 6.61 Å². The molecule has 0 aliphatic heterocycles. The molecule has 1 aromatic heterocycles. The molecule has 108 valence electrons. The van der Waals surface area contributed by atoms with Gasteiger partial charge in [-0.3, -0.25) is 0 Å². The number of fused-ring (bicyclic) bond motifs is 1. The Bertz CT molecular complexity index is 764. The Morgan fingerprint density at radius 2 is 2.00 bits per heavy atom. The van der Waals surface area contributed by atoms with E-state index in [9.17, 15) is 5.11 Å². The molecule has 0 saturated carbocycles. The molecule has 1 atom stereocenters. The Labute approximate surface area is 136 Å². The molecule has 0 aliphatic carbocycles. The average Bonchev–Trinajstić information content (AvgIpc) is 2.89. The summed E-state index contributed by atoms with van der Waals surface area (Å²) >= 11 is 5.17. The molecule has 2 nitrogen and oxygen atoms in total. The molecule has 3 rings (SSSR count). The van der Waals surface area contributed by atoms with Gasteiger partial charge in [-0.2, -0.15) is 0 Å². The molecule has 3 aromatic rings. The minimum absolute atomic E-state index is 0.492. The lowest BCUT2D eigenvalue weighted by Crippen LogP contribution is -2.01. The van der Waals surface area contributed by atoms with Crippen molar-refractivity contribution in [3.63, 3.8) is 0 Å². The number of hydrogen-bond donors (Lipinski definition) is 1. The molecule has 0 spiro atoms. The van der Waals surface area contributed by atoms with Gasteiger partial charge in [-0.15, -0.1) is 11.3 Å². The van der Waals surface area contributed by atoms with Crippen molar-refractivity contribution in [2.24, 2.45) is 0 Å². The fraction of sp³-hybridized carbons (Fsp3) is 0.176. The van der Waals surface area contributed by atoms with E-state index in [-0.39, 0.29) is 0 Å². The van der Waals surface area contributed by atoms with Crippen LogP contribution < -0.4 is 4.74 Å². The second kappa shape index (κ2) is 6.18. The summed E-state index contributed by atoms with van der Waals surface area (Å²) in [6, 6.07) is 14.0. The summed E-state index contributed by atoms with van der Waals surface area (Å²) in [5.41, 5.74) is 0.821. The minimum atomic E-state index is -0.559. The number of hydrogen-bond acceptors (Lipinski definition) is 3. The van der Waals surface area contributed by atoms with Gasteiger partial charge in [0, 0.05) is 15.4 Å². The Hall–Kier alpha value is -1.36. The third-order valence-corrected chi connectivity index (χ3v) is 5.30. The van der Waals surface area contributed by atoms with Crippen molar-refractivity contribution >= 4 is 38.0 Å². The van der Waals surface area contributed by atoms with E-state index in [1.54, 1.807) is 18.3 Å². The number of aliphatic hydroxyl groups excluding tert-OH is 1. The van der Waals surface area contributed by atoms with E-state index in [4.69, 9.17) is 4.74 Å². The number of halogens is 1. The maximum Gasteiger partial charge on any atom is 0.133 e. The van der Waals surface area contributed by atoms with Crippen LogP contribution in [0.4, 0.5) is 0 Å². The highest BCUT2D eigenvalue weighted by molar-refractivity contribution is 9.10. The van der Waals surface area contributed by atoms with Gasteiger partial charge in [-0.05, 0) is 39.7 Å². The van der Waals surface area contributed by atoms with Crippen LogP contribution in [0.1, 0.15) is 23.5 Å². The molecule has 4 heteroatoms. The largest absolute Gasteiger partial charge is 0.487 e. The van der Waals surface area contributed by atoms with Crippen molar-refractivity contribution in [2.45, 2.75) is 19.6 Å².